The topological polar surface area (TPSA) is 32.3 Å². The molecule has 0 aromatic heterocycles. The van der Waals surface area contributed by atoms with Crippen LogP contribution in [0.15, 0.2) is 30.5 Å². The predicted molar refractivity (Wildman–Crippen MR) is 55.5 cm³/mol. The van der Waals surface area contributed by atoms with E-state index in [1.54, 1.807) is 7.05 Å². The van der Waals surface area contributed by atoms with Crippen molar-refractivity contribution < 1.29 is 5.11 Å². The molecule has 2 heteroatoms. The number of aryl methyl sites for hydroxylation is 1. The number of rotatable bonds is 3. The van der Waals surface area contributed by atoms with Crippen LogP contribution in [0.3, 0.4) is 0 Å². The molecule has 0 heterocycles. The third-order valence-corrected chi connectivity index (χ3v) is 2.04. The van der Waals surface area contributed by atoms with Crippen LogP contribution < -0.4 is 5.32 Å². The van der Waals surface area contributed by atoms with Crippen molar-refractivity contribution >= 4 is 5.70 Å². The summed E-state index contributed by atoms with van der Waals surface area (Å²) >= 11 is 0. The van der Waals surface area contributed by atoms with Crippen molar-refractivity contribution in [2.45, 2.75) is 13.3 Å². The Morgan fingerprint density at radius 2 is 2.31 bits per heavy atom. The number of aliphatic hydroxyl groups excluding tert-OH is 1. The Hall–Kier alpha value is -1.44. The number of hydrogen-bond donors (Lipinski definition) is 2. The molecule has 0 amide bonds. The largest absolute Gasteiger partial charge is 0.513 e. The molecule has 2 nitrogen and oxygen atoms in total. The quantitative estimate of drug-likeness (QED) is 0.694. The molecule has 0 radical (unpaired) electrons. The van der Waals surface area contributed by atoms with Crippen molar-refractivity contribution in [2.24, 2.45) is 0 Å². The summed E-state index contributed by atoms with van der Waals surface area (Å²) in [5.41, 5.74) is 3.03. The third kappa shape index (κ3) is 2.25. The molecule has 2 N–H and O–H groups in total. The standard InChI is InChI=1S/C11H15NO/c1-3-9-5-4-6-10(7-9)11(8-13)12-2/h4-8,12-13H,3H2,1-2H3. The SMILES string of the molecule is CCc1cccc(C(=CO)NC)c1. The highest BCUT2D eigenvalue weighted by atomic mass is 16.2. The molecule has 1 aromatic rings. The smallest absolute Gasteiger partial charge is 0.103 e. The van der Waals surface area contributed by atoms with E-state index in [1.807, 2.05) is 12.1 Å². The predicted octanol–water partition coefficient (Wildman–Crippen LogP) is 2.32. The molecule has 0 aliphatic carbocycles. The first-order valence-corrected chi connectivity index (χ1v) is 4.43. The normalized spacial score (nSPS) is 11.4. The number of benzene rings is 1. The molecule has 13 heavy (non-hydrogen) atoms. The van der Waals surface area contributed by atoms with Crippen LogP contribution in [-0.2, 0) is 6.42 Å². The monoisotopic (exact) mass is 177 g/mol. The fraction of sp³-hybridized carbons (Fsp3) is 0.273. The van der Waals surface area contributed by atoms with E-state index < -0.39 is 0 Å². The van der Waals surface area contributed by atoms with Gasteiger partial charge in [0.25, 0.3) is 0 Å². The Labute approximate surface area is 78.9 Å². The third-order valence-electron chi connectivity index (χ3n) is 2.04. The van der Waals surface area contributed by atoms with Crippen LogP contribution in [0.2, 0.25) is 0 Å². The van der Waals surface area contributed by atoms with Crippen LogP contribution in [-0.4, -0.2) is 12.2 Å². The van der Waals surface area contributed by atoms with Gasteiger partial charge >= 0.3 is 0 Å². The van der Waals surface area contributed by atoms with E-state index in [4.69, 9.17) is 5.11 Å². The molecule has 1 rings (SSSR count). The zero-order valence-electron chi connectivity index (χ0n) is 8.04. The Morgan fingerprint density at radius 1 is 1.54 bits per heavy atom. The Bertz CT molecular complexity index is 305. The van der Waals surface area contributed by atoms with Crippen molar-refractivity contribution in [1.82, 2.24) is 5.32 Å². The maximum absolute atomic E-state index is 8.92. The summed E-state index contributed by atoms with van der Waals surface area (Å²) < 4.78 is 0. The molecule has 0 bridgehead atoms. The fourth-order valence-corrected chi connectivity index (χ4v) is 1.24. The first kappa shape index (κ1) is 9.65. The second kappa shape index (κ2) is 4.55. The average molecular weight is 177 g/mol. The van der Waals surface area contributed by atoms with Crippen molar-refractivity contribution in [3.8, 4) is 0 Å². The summed E-state index contributed by atoms with van der Waals surface area (Å²) in [7, 11) is 1.79. The van der Waals surface area contributed by atoms with Crippen LogP contribution in [0.1, 0.15) is 18.1 Å². The first-order valence-electron chi connectivity index (χ1n) is 4.43. The maximum Gasteiger partial charge on any atom is 0.103 e. The zero-order valence-corrected chi connectivity index (χ0v) is 8.04. The molecule has 0 fully saturated rings. The van der Waals surface area contributed by atoms with Crippen LogP contribution in [0.25, 0.3) is 5.70 Å². The van der Waals surface area contributed by atoms with Crippen LogP contribution in [0, 0.1) is 0 Å². The second-order valence-electron chi connectivity index (χ2n) is 2.85. The molecule has 0 saturated carbocycles. The lowest BCUT2D eigenvalue weighted by molar-refractivity contribution is 0.473. The minimum atomic E-state index is 0.746. The summed E-state index contributed by atoms with van der Waals surface area (Å²) in [6.07, 6.45) is 2.10. The van der Waals surface area contributed by atoms with Gasteiger partial charge in [-0.05, 0) is 18.1 Å². The van der Waals surface area contributed by atoms with Gasteiger partial charge in [0.05, 0.1) is 5.70 Å². The maximum atomic E-state index is 8.92. The molecule has 0 aliphatic heterocycles. The van der Waals surface area contributed by atoms with Gasteiger partial charge in [-0.15, -0.1) is 0 Å². The lowest BCUT2D eigenvalue weighted by Gasteiger charge is -2.06. The highest BCUT2D eigenvalue weighted by Gasteiger charge is 1.98. The van der Waals surface area contributed by atoms with Gasteiger partial charge in [0.15, 0.2) is 0 Å². The van der Waals surface area contributed by atoms with Crippen molar-refractivity contribution in [1.29, 1.82) is 0 Å². The fourth-order valence-electron chi connectivity index (χ4n) is 1.24. The first-order chi connectivity index (χ1) is 6.31. The zero-order chi connectivity index (χ0) is 9.68. The molecule has 70 valence electrons. The van der Waals surface area contributed by atoms with E-state index in [-0.39, 0.29) is 0 Å². The van der Waals surface area contributed by atoms with E-state index >= 15 is 0 Å². The van der Waals surface area contributed by atoms with Crippen LogP contribution in [0.4, 0.5) is 0 Å². The van der Waals surface area contributed by atoms with E-state index in [9.17, 15) is 0 Å². The molecule has 0 unspecified atom stereocenters. The van der Waals surface area contributed by atoms with Gasteiger partial charge in [-0.3, -0.25) is 0 Å². The molecule has 0 aliphatic rings. The number of hydrogen-bond acceptors (Lipinski definition) is 2. The average Bonchev–Trinajstić information content (AvgIpc) is 2.20. The van der Waals surface area contributed by atoms with Gasteiger partial charge in [0.1, 0.15) is 6.26 Å². The van der Waals surface area contributed by atoms with Crippen molar-refractivity contribution in [2.75, 3.05) is 7.05 Å². The number of aliphatic hydroxyl groups is 1. The molecular weight excluding hydrogens is 162 g/mol. The highest BCUT2D eigenvalue weighted by molar-refractivity contribution is 5.63. The summed E-state index contributed by atoms with van der Waals surface area (Å²) in [4.78, 5) is 0. The van der Waals surface area contributed by atoms with E-state index in [1.165, 1.54) is 5.56 Å². The lowest BCUT2D eigenvalue weighted by Crippen LogP contribution is -2.04. The molecule has 0 spiro atoms. The van der Waals surface area contributed by atoms with Gasteiger partial charge < -0.3 is 10.4 Å². The van der Waals surface area contributed by atoms with E-state index in [2.05, 4.69) is 24.4 Å². The highest BCUT2D eigenvalue weighted by Crippen LogP contribution is 2.12. The van der Waals surface area contributed by atoms with Gasteiger partial charge in [0, 0.05) is 12.6 Å². The minimum absolute atomic E-state index is 0.746. The minimum Gasteiger partial charge on any atom is -0.513 e. The van der Waals surface area contributed by atoms with Crippen LogP contribution in [0.5, 0.6) is 0 Å². The molecule has 0 saturated heterocycles. The van der Waals surface area contributed by atoms with Gasteiger partial charge in [-0.1, -0.05) is 25.1 Å². The van der Waals surface area contributed by atoms with Gasteiger partial charge in [-0.25, -0.2) is 0 Å². The summed E-state index contributed by atoms with van der Waals surface area (Å²) in [6.45, 7) is 2.11. The van der Waals surface area contributed by atoms with Gasteiger partial charge in [-0.2, -0.15) is 0 Å². The number of nitrogens with one attached hydrogen (secondary N) is 1. The van der Waals surface area contributed by atoms with Crippen molar-refractivity contribution in [3.05, 3.63) is 41.7 Å². The second-order valence-corrected chi connectivity index (χ2v) is 2.85. The summed E-state index contributed by atoms with van der Waals surface area (Å²) in [5.74, 6) is 0. The van der Waals surface area contributed by atoms with E-state index in [0.29, 0.717) is 0 Å². The van der Waals surface area contributed by atoms with Crippen molar-refractivity contribution in [3.63, 3.8) is 0 Å². The molecule has 1 aromatic carbocycles. The van der Waals surface area contributed by atoms with E-state index in [0.717, 1.165) is 23.9 Å². The van der Waals surface area contributed by atoms with Crippen LogP contribution >= 0.6 is 0 Å². The summed E-state index contributed by atoms with van der Waals surface area (Å²) in [5, 5.41) is 11.8. The summed E-state index contributed by atoms with van der Waals surface area (Å²) in [6, 6.07) is 8.11. The Balaban J connectivity index is 3.00. The Kier molecular flexibility index (Phi) is 3.38. The molecule has 0 atom stereocenters. The lowest BCUT2D eigenvalue weighted by atomic mass is 10.1. The Morgan fingerprint density at radius 3 is 2.85 bits per heavy atom. The molecular formula is C11H15NO. The van der Waals surface area contributed by atoms with Gasteiger partial charge in [0.2, 0.25) is 0 Å².